The van der Waals surface area contributed by atoms with Crippen molar-refractivity contribution in [1.82, 2.24) is 10.2 Å². The van der Waals surface area contributed by atoms with Gasteiger partial charge in [-0.15, -0.1) is 0 Å². The number of carbonyl (C=O) groups excluding carboxylic acids is 1. The van der Waals surface area contributed by atoms with Crippen molar-refractivity contribution in [2.75, 3.05) is 25.5 Å². The van der Waals surface area contributed by atoms with Crippen molar-refractivity contribution in [2.45, 2.75) is 31.7 Å². The molecular weight excluding hydrogens is 308 g/mol. The standard InChI is InChI=1S/C17H22N4O3/c1-21-9-6-12-4-5-14(11-13(12)7-10-21)19-16(22)15(3-2-8-18)20-17(23)24/h4-5,11,15,20H,2-3,6-7,9-10H2,1H3,(H,19,22)(H,23,24)/t15-/m1/s1. The molecule has 7 nitrogen and oxygen atoms in total. The van der Waals surface area contributed by atoms with Crippen LogP contribution in [0.1, 0.15) is 24.0 Å². The number of hydrogen-bond donors (Lipinski definition) is 3. The van der Waals surface area contributed by atoms with Gasteiger partial charge in [0, 0.05) is 25.2 Å². The first-order valence-corrected chi connectivity index (χ1v) is 7.97. The summed E-state index contributed by atoms with van der Waals surface area (Å²) in [4.78, 5) is 25.4. The minimum absolute atomic E-state index is 0.106. The van der Waals surface area contributed by atoms with E-state index in [2.05, 4.69) is 22.6 Å². The Morgan fingerprint density at radius 3 is 2.71 bits per heavy atom. The summed E-state index contributed by atoms with van der Waals surface area (Å²) in [6.07, 6.45) is 0.865. The second-order valence-corrected chi connectivity index (χ2v) is 5.97. The van der Waals surface area contributed by atoms with Crippen LogP contribution in [0.15, 0.2) is 18.2 Å². The smallest absolute Gasteiger partial charge is 0.405 e. The number of rotatable bonds is 5. The van der Waals surface area contributed by atoms with E-state index in [9.17, 15) is 9.59 Å². The number of carbonyl (C=O) groups is 2. The molecule has 1 aromatic carbocycles. The van der Waals surface area contributed by atoms with Gasteiger partial charge in [-0.2, -0.15) is 5.26 Å². The van der Waals surface area contributed by atoms with E-state index >= 15 is 0 Å². The summed E-state index contributed by atoms with van der Waals surface area (Å²) in [5, 5.41) is 22.4. The Bertz CT molecular complexity index is 654. The van der Waals surface area contributed by atoms with Crippen molar-refractivity contribution in [2.24, 2.45) is 0 Å². The second kappa shape index (κ2) is 8.31. The molecule has 0 spiro atoms. The van der Waals surface area contributed by atoms with Crippen molar-refractivity contribution in [3.63, 3.8) is 0 Å². The molecule has 0 radical (unpaired) electrons. The average molecular weight is 330 g/mol. The minimum Gasteiger partial charge on any atom is -0.465 e. The van der Waals surface area contributed by atoms with Crippen LogP contribution in [-0.4, -0.2) is 48.2 Å². The fourth-order valence-corrected chi connectivity index (χ4v) is 2.77. The highest BCUT2D eigenvalue weighted by Crippen LogP contribution is 2.20. The molecule has 1 aliphatic rings. The van der Waals surface area contributed by atoms with Crippen LogP contribution in [0.3, 0.4) is 0 Å². The van der Waals surface area contributed by atoms with Gasteiger partial charge in [0.15, 0.2) is 0 Å². The second-order valence-electron chi connectivity index (χ2n) is 5.97. The number of fused-ring (bicyclic) bond motifs is 1. The van der Waals surface area contributed by atoms with Crippen molar-refractivity contribution in [1.29, 1.82) is 5.26 Å². The lowest BCUT2D eigenvalue weighted by Crippen LogP contribution is -2.43. The Morgan fingerprint density at radius 2 is 2.04 bits per heavy atom. The van der Waals surface area contributed by atoms with Crippen LogP contribution < -0.4 is 10.6 Å². The van der Waals surface area contributed by atoms with Gasteiger partial charge in [0.05, 0.1) is 6.07 Å². The molecule has 0 saturated heterocycles. The summed E-state index contributed by atoms with van der Waals surface area (Å²) in [5.74, 6) is -0.446. The quantitative estimate of drug-likeness (QED) is 0.760. The van der Waals surface area contributed by atoms with Gasteiger partial charge in [-0.25, -0.2) is 4.79 Å². The van der Waals surface area contributed by atoms with Crippen LogP contribution >= 0.6 is 0 Å². The van der Waals surface area contributed by atoms with Crippen LogP contribution in [0.5, 0.6) is 0 Å². The van der Waals surface area contributed by atoms with Gasteiger partial charge in [-0.3, -0.25) is 4.79 Å². The lowest BCUT2D eigenvalue weighted by Gasteiger charge is -2.16. The number of carboxylic acid groups (broad SMARTS) is 1. The summed E-state index contributed by atoms with van der Waals surface area (Å²) in [7, 11) is 2.09. The number of nitrogens with zero attached hydrogens (tertiary/aromatic N) is 2. The van der Waals surface area contributed by atoms with E-state index in [0.29, 0.717) is 5.69 Å². The number of nitriles is 1. The van der Waals surface area contributed by atoms with Gasteiger partial charge < -0.3 is 20.6 Å². The molecule has 0 aliphatic carbocycles. The highest BCUT2D eigenvalue weighted by Gasteiger charge is 2.21. The fourth-order valence-electron chi connectivity index (χ4n) is 2.77. The van der Waals surface area contributed by atoms with E-state index < -0.39 is 18.0 Å². The molecule has 0 fully saturated rings. The van der Waals surface area contributed by atoms with E-state index in [0.717, 1.165) is 25.9 Å². The summed E-state index contributed by atoms with van der Waals surface area (Å²) < 4.78 is 0. The SMILES string of the molecule is CN1CCc2ccc(NC(=O)[C@@H](CCC#N)NC(=O)O)cc2CC1. The first-order chi connectivity index (χ1) is 11.5. The number of nitrogens with one attached hydrogen (secondary N) is 2. The number of hydrogen-bond acceptors (Lipinski definition) is 4. The Balaban J connectivity index is 2.07. The summed E-state index contributed by atoms with van der Waals surface area (Å²) >= 11 is 0. The molecule has 7 heteroatoms. The summed E-state index contributed by atoms with van der Waals surface area (Å²) in [6, 6.07) is 6.79. The summed E-state index contributed by atoms with van der Waals surface area (Å²) in [5.41, 5.74) is 3.14. The van der Waals surface area contributed by atoms with Crippen LogP contribution in [0, 0.1) is 11.3 Å². The molecule has 1 atom stereocenters. The first-order valence-electron chi connectivity index (χ1n) is 7.97. The van der Waals surface area contributed by atoms with E-state index in [4.69, 9.17) is 10.4 Å². The van der Waals surface area contributed by atoms with Crippen LogP contribution in [0.2, 0.25) is 0 Å². The zero-order valence-corrected chi connectivity index (χ0v) is 13.7. The maximum atomic E-state index is 12.3. The Hall–Kier alpha value is -2.59. The van der Waals surface area contributed by atoms with Crippen molar-refractivity contribution in [3.05, 3.63) is 29.3 Å². The number of amides is 2. The Labute approximate surface area is 141 Å². The largest absolute Gasteiger partial charge is 0.465 e. The summed E-state index contributed by atoms with van der Waals surface area (Å²) in [6.45, 7) is 1.98. The Morgan fingerprint density at radius 1 is 1.33 bits per heavy atom. The molecule has 128 valence electrons. The predicted molar refractivity (Wildman–Crippen MR) is 89.8 cm³/mol. The van der Waals surface area contributed by atoms with Crippen LogP contribution in [0.25, 0.3) is 0 Å². The lowest BCUT2D eigenvalue weighted by atomic mass is 10.0. The minimum atomic E-state index is -1.28. The number of likely N-dealkylation sites (N-methyl/N-ethyl adjacent to an activating group) is 1. The Kier molecular flexibility index (Phi) is 6.15. The van der Waals surface area contributed by atoms with Gasteiger partial charge in [-0.1, -0.05) is 6.07 Å². The molecular formula is C17H22N4O3. The average Bonchev–Trinajstić information content (AvgIpc) is 2.73. The van der Waals surface area contributed by atoms with E-state index in [-0.39, 0.29) is 12.8 Å². The monoisotopic (exact) mass is 330 g/mol. The molecule has 0 bridgehead atoms. The normalized spacial score (nSPS) is 15.5. The van der Waals surface area contributed by atoms with Gasteiger partial charge in [0.25, 0.3) is 0 Å². The fraction of sp³-hybridized carbons (Fsp3) is 0.471. The number of anilines is 1. The first kappa shape index (κ1) is 17.8. The zero-order valence-electron chi connectivity index (χ0n) is 13.7. The van der Waals surface area contributed by atoms with E-state index in [1.54, 1.807) is 0 Å². The maximum Gasteiger partial charge on any atom is 0.405 e. The van der Waals surface area contributed by atoms with E-state index in [1.807, 2.05) is 24.3 Å². The van der Waals surface area contributed by atoms with Crippen molar-refractivity contribution < 1.29 is 14.7 Å². The van der Waals surface area contributed by atoms with Crippen molar-refractivity contribution >= 4 is 17.7 Å². The molecule has 2 amide bonds. The molecule has 3 N–H and O–H groups in total. The molecule has 24 heavy (non-hydrogen) atoms. The van der Waals surface area contributed by atoms with E-state index in [1.165, 1.54) is 11.1 Å². The number of benzene rings is 1. The van der Waals surface area contributed by atoms with Crippen molar-refractivity contribution in [3.8, 4) is 6.07 Å². The van der Waals surface area contributed by atoms with Gasteiger partial charge in [0.1, 0.15) is 6.04 Å². The van der Waals surface area contributed by atoms with Gasteiger partial charge in [-0.05, 0) is 49.6 Å². The lowest BCUT2D eigenvalue weighted by molar-refractivity contribution is -0.118. The zero-order chi connectivity index (χ0) is 17.5. The third-order valence-corrected chi connectivity index (χ3v) is 4.16. The third-order valence-electron chi connectivity index (χ3n) is 4.16. The molecule has 1 aliphatic heterocycles. The van der Waals surface area contributed by atoms with Crippen LogP contribution in [-0.2, 0) is 17.6 Å². The van der Waals surface area contributed by atoms with Gasteiger partial charge in [0.2, 0.25) is 5.91 Å². The molecule has 0 aromatic heterocycles. The van der Waals surface area contributed by atoms with Crippen LogP contribution in [0.4, 0.5) is 10.5 Å². The molecule has 1 aromatic rings. The molecule has 2 rings (SSSR count). The van der Waals surface area contributed by atoms with Gasteiger partial charge >= 0.3 is 6.09 Å². The third kappa shape index (κ3) is 4.96. The topological polar surface area (TPSA) is 105 Å². The highest BCUT2D eigenvalue weighted by molar-refractivity contribution is 5.96. The predicted octanol–water partition coefficient (Wildman–Crippen LogP) is 1.60. The molecule has 0 saturated carbocycles. The highest BCUT2D eigenvalue weighted by atomic mass is 16.4. The molecule has 1 heterocycles. The molecule has 0 unspecified atom stereocenters. The maximum absolute atomic E-state index is 12.3.